The van der Waals surface area contributed by atoms with Crippen molar-refractivity contribution < 1.29 is 19.1 Å². The van der Waals surface area contributed by atoms with Gasteiger partial charge in [0.2, 0.25) is 0 Å². The average Bonchev–Trinajstić information content (AvgIpc) is 2.53. The molecule has 3 nitrogen and oxygen atoms in total. The van der Waals surface area contributed by atoms with Gasteiger partial charge in [0, 0.05) is 17.9 Å². The Kier molecular flexibility index (Phi) is 2.73. The molecule has 1 aromatic rings. The summed E-state index contributed by atoms with van der Waals surface area (Å²) in [6, 6.07) is 4.16. The summed E-state index contributed by atoms with van der Waals surface area (Å²) in [5.41, 5.74) is 1.23. The third-order valence-corrected chi connectivity index (χ3v) is 2.88. The molecule has 84 valence electrons. The molecule has 0 aliphatic heterocycles. The van der Waals surface area contributed by atoms with Crippen LogP contribution in [0, 0.1) is 11.7 Å². The van der Waals surface area contributed by atoms with Crippen molar-refractivity contribution in [1.29, 1.82) is 0 Å². The van der Waals surface area contributed by atoms with Crippen LogP contribution in [0.3, 0.4) is 0 Å². The first kappa shape index (κ1) is 10.8. The highest BCUT2D eigenvalue weighted by molar-refractivity contribution is 6.02. The van der Waals surface area contributed by atoms with Crippen molar-refractivity contribution in [2.24, 2.45) is 5.92 Å². The fourth-order valence-electron chi connectivity index (χ4n) is 2.06. The quantitative estimate of drug-likeness (QED) is 0.851. The maximum atomic E-state index is 12.9. The van der Waals surface area contributed by atoms with E-state index >= 15 is 0 Å². The van der Waals surface area contributed by atoms with Gasteiger partial charge in [0.1, 0.15) is 5.82 Å². The van der Waals surface area contributed by atoms with E-state index < -0.39 is 11.8 Å². The molecule has 1 atom stereocenters. The molecular weight excluding hydrogens is 211 g/mol. The molecule has 1 aliphatic carbocycles. The number of carbonyl (C=O) groups is 2. The van der Waals surface area contributed by atoms with Crippen molar-refractivity contribution >= 4 is 11.8 Å². The van der Waals surface area contributed by atoms with Crippen molar-refractivity contribution in [2.45, 2.75) is 19.3 Å². The number of ketones is 1. The Morgan fingerprint density at radius 2 is 2.25 bits per heavy atom. The number of carboxylic acid groups (broad SMARTS) is 1. The summed E-state index contributed by atoms with van der Waals surface area (Å²) in [7, 11) is 0. The maximum absolute atomic E-state index is 12.9. The predicted molar refractivity (Wildman–Crippen MR) is 54.8 cm³/mol. The van der Waals surface area contributed by atoms with E-state index in [1.807, 2.05) is 0 Å². The molecule has 2 rings (SSSR count). The van der Waals surface area contributed by atoms with E-state index in [0.29, 0.717) is 18.4 Å². The van der Waals surface area contributed by atoms with Crippen LogP contribution in [0.4, 0.5) is 4.39 Å². The molecule has 4 heteroatoms. The summed E-state index contributed by atoms with van der Waals surface area (Å²) in [4.78, 5) is 22.2. The molecule has 0 saturated carbocycles. The van der Waals surface area contributed by atoms with E-state index in [0.717, 1.165) is 5.56 Å². The second kappa shape index (κ2) is 4.04. The van der Waals surface area contributed by atoms with Crippen molar-refractivity contribution in [1.82, 2.24) is 0 Å². The largest absolute Gasteiger partial charge is 0.481 e. The van der Waals surface area contributed by atoms with Gasteiger partial charge in [-0.2, -0.15) is 0 Å². The molecule has 0 saturated heterocycles. The number of benzene rings is 1. The number of hydrogen-bond donors (Lipinski definition) is 1. The number of aliphatic carboxylic acids is 1. The molecule has 16 heavy (non-hydrogen) atoms. The molecule has 1 aliphatic rings. The van der Waals surface area contributed by atoms with E-state index in [9.17, 15) is 14.0 Å². The summed E-state index contributed by atoms with van der Waals surface area (Å²) < 4.78 is 12.9. The zero-order chi connectivity index (χ0) is 11.7. The van der Waals surface area contributed by atoms with Gasteiger partial charge in [-0.1, -0.05) is 6.07 Å². The summed E-state index contributed by atoms with van der Waals surface area (Å²) in [5.74, 6) is -1.76. The van der Waals surface area contributed by atoms with Crippen LogP contribution in [0.25, 0.3) is 0 Å². The van der Waals surface area contributed by atoms with E-state index in [1.54, 1.807) is 6.07 Å². The fraction of sp³-hybridized carbons (Fsp3) is 0.333. The molecule has 0 radical (unpaired) electrons. The number of carbonyl (C=O) groups excluding carboxylic acids is 1. The molecule has 1 N–H and O–H groups in total. The van der Waals surface area contributed by atoms with Gasteiger partial charge >= 0.3 is 5.97 Å². The lowest BCUT2D eigenvalue weighted by molar-refractivity contribution is -0.137. The highest BCUT2D eigenvalue weighted by Gasteiger charge is 2.30. The van der Waals surface area contributed by atoms with Crippen LogP contribution in [0.2, 0.25) is 0 Å². The molecule has 0 heterocycles. The van der Waals surface area contributed by atoms with Gasteiger partial charge in [0.25, 0.3) is 0 Å². The number of halogens is 1. The summed E-state index contributed by atoms with van der Waals surface area (Å²) in [6.07, 6.45) is 0.832. The lowest BCUT2D eigenvalue weighted by Crippen LogP contribution is -2.11. The molecule has 1 unspecified atom stereocenters. The van der Waals surface area contributed by atoms with E-state index in [4.69, 9.17) is 5.11 Å². The number of carboxylic acids is 1. The first-order valence-corrected chi connectivity index (χ1v) is 5.12. The smallest absolute Gasteiger partial charge is 0.303 e. The Hall–Kier alpha value is -1.71. The van der Waals surface area contributed by atoms with Crippen LogP contribution in [-0.2, 0) is 11.2 Å². The third kappa shape index (κ3) is 1.96. The second-order valence-electron chi connectivity index (χ2n) is 4.00. The zero-order valence-corrected chi connectivity index (χ0v) is 8.57. The average molecular weight is 222 g/mol. The van der Waals surface area contributed by atoms with Crippen LogP contribution in [0.5, 0.6) is 0 Å². The topological polar surface area (TPSA) is 54.4 Å². The minimum atomic E-state index is -0.907. The van der Waals surface area contributed by atoms with E-state index in [-0.39, 0.29) is 18.1 Å². The number of rotatable bonds is 3. The molecule has 0 amide bonds. The molecule has 0 fully saturated rings. The normalized spacial score (nSPS) is 18.6. The Labute approximate surface area is 91.9 Å². The van der Waals surface area contributed by atoms with Crippen molar-refractivity contribution in [2.75, 3.05) is 0 Å². The number of hydrogen-bond acceptors (Lipinski definition) is 2. The SMILES string of the molecule is O=C(O)CCC1Cc2ccc(F)cc2C1=O. The standard InChI is InChI=1S/C12H11FO3/c13-9-3-1-7-5-8(2-4-11(14)15)12(16)10(7)6-9/h1,3,6,8H,2,4-5H2,(H,14,15). The van der Waals surface area contributed by atoms with Crippen LogP contribution in [0.1, 0.15) is 28.8 Å². The first-order chi connectivity index (χ1) is 7.58. The summed E-state index contributed by atoms with van der Waals surface area (Å²) in [6.45, 7) is 0. The molecule has 1 aromatic carbocycles. The van der Waals surface area contributed by atoms with Gasteiger partial charge in [-0.3, -0.25) is 9.59 Å². The third-order valence-electron chi connectivity index (χ3n) is 2.88. The van der Waals surface area contributed by atoms with Gasteiger partial charge in [-0.25, -0.2) is 4.39 Å². The maximum Gasteiger partial charge on any atom is 0.303 e. The Morgan fingerprint density at radius 3 is 2.94 bits per heavy atom. The van der Waals surface area contributed by atoms with Gasteiger partial charge in [0.05, 0.1) is 0 Å². The van der Waals surface area contributed by atoms with Crippen LogP contribution < -0.4 is 0 Å². The minimum Gasteiger partial charge on any atom is -0.481 e. The van der Waals surface area contributed by atoms with Crippen LogP contribution >= 0.6 is 0 Å². The lowest BCUT2D eigenvalue weighted by atomic mass is 9.99. The Morgan fingerprint density at radius 1 is 1.50 bits per heavy atom. The molecule has 0 aromatic heterocycles. The highest BCUT2D eigenvalue weighted by Crippen LogP contribution is 2.30. The van der Waals surface area contributed by atoms with Crippen LogP contribution in [0.15, 0.2) is 18.2 Å². The van der Waals surface area contributed by atoms with E-state index in [1.165, 1.54) is 12.1 Å². The summed E-state index contributed by atoms with van der Waals surface area (Å²) >= 11 is 0. The van der Waals surface area contributed by atoms with Gasteiger partial charge < -0.3 is 5.11 Å². The predicted octanol–water partition coefficient (Wildman–Crippen LogP) is 2.05. The number of fused-ring (bicyclic) bond motifs is 1. The van der Waals surface area contributed by atoms with E-state index in [2.05, 4.69) is 0 Å². The van der Waals surface area contributed by atoms with Crippen molar-refractivity contribution in [3.05, 3.63) is 35.1 Å². The van der Waals surface area contributed by atoms with Crippen molar-refractivity contribution in [3.8, 4) is 0 Å². The monoisotopic (exact) mass is 222 g/mol. The van der Waals surface area contributed by atoms with Crippen LogP contribution in [-0.4, -0.2) is 16.9 Å². The van der Waals surface area contributed by atoms with Gasteiger partial charge in [0.15, 0.2) is 5.78 Å². The van der Waals surface area contributed by atoms with Crippen molar-refractivity contribution in [3.63, 3.8) is 0 Å². The number of Topliss-reactive ketones (excluding diaryl/α,β-unsaturated/α-hetero) is 1. The molecule has 0 spiro atoms. The molecular formula is C12H11FO3. The van der Waals surface area contributed by atoms with Gasteiger partial charge in [-0.05, 0) is 30.5 Å². The zero-order valence-electron chi connectivity index (χ0n) is 8.57. The Balaban J connectivity index is 2.15. The second-order valence-corrected chi connectivity index (χ2v) is 4.00. The lowest BCUT2D eigenvalue weighted by Gasteiger charge is -2.04. The fourth-order valence-corrected chi connectivity index (χ4v) is 2.06. The first-order valence-electron chi connectivity index (χ1n) is 5.12. The highest BCUT2D eigenvalue weighted by atomic mass is 19.1. The Bertz CT molecular complexity index is 454. The van der Waals surface area contributed by atoms with Gasteiger partial charge in [-0.15, -0.1) is 0 Å². The minimum absolute atomic E-state index is 0.0210. The molecule has 0 bridgehead atoms. The summed E-state index contributed by atoms with van der Waals surface area (Å²) in [5, 5.41) is 8.55.